The van der Waals surface area contributed by atoms with Crippen molar-refractivity contribution in [2.24, 2.45) is 0 Å². The number of imide groups is 1. The van der Waals surface area contributed by atoms with Gasteiger partial charge < -0.3 is 4.90 Å². The normalized spacial score (nSPS) is 16.5. The number of nitrogens with zero attached hydrogens (tertiary/aromatic N) is 4. The Morgan fingerprint density at radius 1 is 0.927 bits per heavy atom. The molecule has 3 amide bonds. The highest BCUT2D eigenvalue weighted by Gasteiger charge is 2.39. The lowest BCUT2D eigenvalue weighted by molar-refractivity contribution is -0.138. The highest BCUT2D eigenvalue weighted by atomic mass is 19.4. The van der Waals surface area contributed by atoms with Crippen LogP contribution in [0.4, 0.5) is 18.9 Å². The molecule has 0 N–H and O–H groups in total. The Kier molecular flexibility index (Phi) is 9.28. The Labute approximate surface area is 237 Å². The summed E-state index contributed by atoms with van der Waals surface area (Å²) in [7, 11) is 0. The zero-order chi connectivity index (χ0) is 29.7. The van der Waals surface area contributed by atoms with Gasteiger partial charge in [0.1, 0.15) is 0 Å². The van der Waals surface area contributed by atoms with E-state index in [1.165, 1.54) is 19.1 Å². The predicted molar refractivity (Wildman–Crippen MR) is 148 cm³/mol. The van der Waals surface area contributed by atoms with E-state index in [0.717, 1.165) is 61.0 Å². The summed E-state index contributed by atoms with van der Waals surface area (Å²) in [6.45, 7) is 7.43. The number of alkyl halides is 3. The highest BCUT2D eigenvalue weighted by molar-refractivity contribution is 6.32. The van der Waals surface area contributed by atoms with Gasteiger partial charge in [-0.2, -0.15) is 18.4 Å². The predicted octanol–water partition coefficient (Wildman–Crippen LogP) is 5.48. The first-order chi connectivity index (χ1) is 19.5. The summed E-state index contributed by atoms with van der Waals surface area (Å²) in [4.78, 5) is 43.6. The van der Waals surface area contributed by atoms with Gasteiger partial charge in [0.2, 0.25) is 0 Å². The average molecular weight is 567 g/mol. The van der Waals surface area contributed by atoms with E-state index in [4.69, 9.17) is 5.26 Å². The highest BCUT2D eigenvalue weighted by Crippen LogP contribution is 2.37. The molecule has 0 aromatic heterocycles. The van der Waals surface area contributed by atoms with Crippen molar-refractivity contribution < 1.29 is 27.6 Å². The Hall–Kier alpha value is -3.97. The number of aryl methyl sites for hydroxylation is 1. The summed E-state index contributed by atoms with van der Waals surface area (Å²) >= 11 is 0. The second-order valence-corrected chi connectivity index (χ2v) is 10.6. The lowest BCUT2D eigenvalue weighted by Gasteiger charge is -2.34. The molecule has 0 saturated carbocycles. The number of anilines is 1. The Balaban J connectivity index is 1.21. The molecule has 2 aromatic carbocycles. The molecule has 0 radical (unpaired) electrons. The molecule has 7 nitrogen and oxygen atoms in total. The number of nitriles is 1. The number of carbonyl (C=O) groups is 3. The first-order valence-electron chi connectivity index (χ1n) is 13.8. The molecule has 41 heavy (non-hydrogen) atoms. The van der Waals surface area contributed by atoms with Crippen LogP contribution in [0, 0.1) is 18.3 Å². The van der Waals surface area contributed by atoms with Gasteiger partial charge in [-0.15, -0.1) is 0 Å². The molecule has 4 rings (SSSR count). The maximum atomic E-state index is 13.4. The van der Waals surface area contributed by atoms with E-state index in [2.05, 4.69) is 4.90 Å². The van der Waals surface area contributed by atoms with E-state index < -0.39 is 29.1 Å². The van der Waals surface area contributed by atoms with Gasteiger partial charge in [-0.25, -0.2) is 4.90 Å². The molecule has 0 atom stereocenters. The molecule has 0 unspecified atom stereocenters. The summed E-state index contributed by atoms with van der Waals surface area (Å²) in [5.41, 5.74) is 0.409. The van der Waals surface area contributed by atoms with Gasteiger partial charge in [-0.1, -0.05) is 30.5 Å². The third kappa shape index (κ3) is 6.85. The lowest BCUT2D eigenvalue weighted by Crippen LogP contribution is -2.48. The van der Waals surface area contributed by atoms with Crippen LogP contribution in [0.25, 0.3) is 0 Å². The average Bonchev–Trinajstić information content (AvgIpc) is 3.16. The van der Waals surface area contributed by atoms with Crippen LogP contribution in [0.1, 0.15) is 66.1 Å². The van der Waals surface area contributed by atoms with Crippen molar-refractivity contribution in [3.8, 4) is 6.07 Å². The molecular formula is C31H33F3N4O3. The van der Waals surface area contributed by atoms with E-state index in [0.29, 0.717) is 37.6 Å². The molecule has 2 aliphatic rings. The van der Waals surface area contributed by atoms with Gasteiger partial charge in [-0.3, -0.25) is 19.3 Å². The number of benzene rings is 2. The largest absolute Gasteiger partial charge is 0.417 e. The van der Waals surface area contributed by atoms with Crippen molar-refractivity contribution in [3.63, 3.8) is 0 Å². The van der Waals surface area contributed by atoms with Crippen LogP contribution in [0.5, 0.6) is 0 Å². The minimum Gasteiger partial charge on any atom is -0.336 e. The van der Waals surface area contributed by atoms with Gasteiger partial charge in [0.25, 0.3) is 17.7 Å². The number of hydrogen-bond donors (Lipinski definition) is 0. The SMILES string of the molecule is CC1=C(CCCCCCN2CCN(C(=O)c3cccc(C)c3)CC2)C(=O)N(c2ccc(C#N)c(C(F)(F)F)c2)C1=O. The van der Waals surface area contributed by atoms with Crippen molar-refractivity contribution in [1.82, 2.24) is 9.80 Å². The smallest absolute Gasteiger partial charge is 0.336 e. The molecular weight excluding hydrogens is 533 g/mol. The van der Waals surface area contributed by atoms with Crippen LogP contribution < -0.4 is 4.90 Å². The summed E-state index contributed by atoms with van der Waals surface area (Å²) in [6, 6.07) is 12.0. The van der Waals surface area contributed by atoms with Crippen LogP contribution in [0.3, 0.4) is 0 Å². The maximum Gasteiger partial charge on any atom is 0.417 e. The third-order valence-electron chi connectivity index (χ3n) is 7.70. The standard InChI is InChI=1S/C31H33F3N4O3/c1-21-8-7-9-23(18-21)29(40)37-16-14-36(15-17-37)13-6-4-3-5-10-26-22(2)28(39)38(30(26)41)25-12-11-24(20-35)27(19-25)31(32,33)34/h7-9,11-12,18-19H,3-6,10,13-17H2,1-2H3. The fourth-order valence-corrected chi connectivity index (χ4v) is 5.34. The first-order valence-corrected chi connectivity index (χ1v) is 13.8. The van der Waals surface area contributed by atoms with Crippen LogP contribution in [-0.4, -0.2) is 60.2 Å². The van der Waals surface area contributed by atoms with Crippen LogP contribution in [0.15, 0.2) is 53.6 Å². The molecule has 2 heterocycles. The number of amides is 3. The van der Waals surface area contributed by atoms with Crippen molar-refractivity contribution in [3.05, 3.63) is 75.9 Å². The zero-order valence-electron chi connectivity index (χ0n) is 23.3. The minimum absolute atomic E-state index is 0.0661. The number of carbonyl (C=O) groups excluding carboxylic acids is 3. The summed E-state index contributed by atoms with van der Waals surface area (Å²) in [5, 5.41) is 9.01. The van der Waals surface area contributed by atoms with E-state index in [1.54, 1.807) is 0 Å². The van der Waals surface area contributed by atoms with E-state index in [-0.39, 0.29) is 17.2 Å². The van der Waals surface area contributed by atoms with E-state index >= 15 is 0 Å². The van der Waals surface area contributed by atoms with Crippen LogP contribution in [0.2, 0.25) is 0 Å². The van der Waals surface area contributed by atoms with Gasteiger partial charge >= 0.3 is 6.18 Å². The van der Waals surface area contributed by atoms with E-state index in [1.807, 2.05) is 36.1 Å². The Morgan fingerprint density at radius 2 is 1.63 bits per heavy atom. The van der Waals surface area contributed by atoms with Crippen molar-refractivity contribution in [1.29, 1.82) is 5.26 Å². The molecule has 2 aliphatic heterocycles. The number of rotatable bonds is 9. The van der Waals surface area contributed by atoms with Gasteiger partial charge in [0.05, 0.1) is 22.9 Å². The third-order valence-corrected chi connectivity index (χ3v) is 7.70. The molecule has 0 spiro atoms. The molecule has 216 valence electrons. The van der Waals surface area contributed by atoms with Gasteiger partial charge in [0, 0.05) is 42.9 Å². The lowest BCUT2D eigenvalue weighted by atomic mass is 10.0. The summed E-state index contributed by atoms with van der Waals surface area (Å²) in [6.07, 6.45) is -0.988. The van der Waals surface area contributed by atoms with Crippen LogP contribution >= 0.6 is 0 Å². The van der Waals surface area contributed by atoms with Crippen molar-refractivity contribution in [2.75, 3.05) is 37.6 Å². The topological polar surface area (TPSA) is 84.7 Å². The fraction of sp³-hybridized carbons (Fsp3) is 0.419. The van der Waals surface area contributed by atoms with Gasteiger partial charge in [-0.05, 0) is 70.0 Å². The second kappa shape index (κ2) is 12.7. The Bertz CT molecular complexity index is 1400. The summed E-state index contributed by atoms with van der Waals surface area (Å²) < 4.78 is 40.2. The number of hydrogen-bond acceptors (Lipinski definition) is 5. The quantitative estimate of drug-likeness (QED) is 0.296. The van der Waals surface area contributed by atoms with Crippen molar-refractivity contribution in [2.45, 2.75) is 52.1 Å². The molecule has 1 fully saturated rings. The Morgan fingerprint density at radius 3 is 2.29 bits per heavy atom. The molecule has 0 bridgehead atoms. The molecule has 2 aromatic rings. The number of halogens is 3. The monoisotopic (exact) mass is 566 g/mol. The second-order valence-electron chi connectivity index (χ2n) is 10.6. The fourth-order valence-electron chi connectivity index (χ4n) is 5.34. The zero-order valence-corrected chi connectivity index (χ0v) is 23.3. The van der Waals surface area contributed by atoms with E-state index in [9.17, 15) is 27.6 Å². The number of unbranched alkanes of at least 4 members (excludes halogenated alkanes) is 3. The minimum atomic E-state index is -4.79. The van der Waals surface area contributed by atoms with Gasteiger partial charge in [0.15, 0.2) is 0 Å². The van der Waals surface area contributed by atoms with Crippen LogP contribution in [-0.2, 0) is 15.8 Å². The molecule has 0 aliphatic carbocycles. The summed E-state index contributed by atoms with van der Waals surface area (Å²) in [5.74, 6) is -1.18. The number of piperazine rings is 1. The van der Waals surface area contributed by atoms with Crippen molar-refractivity contribution >= 4 is 23.4 Å². The maximum absolute atomic E-state index is 13.4. The molecule has 1 saturated heterocycles. The first kappa shape index (κ1) is 30.0. The molecule has 10 heteroatoms.